The first-order valence-electron chi connectivity index (χ1n) is 13.4. The lowest BCUT2D eigenvalue weighted by Gasteiger charge is -2.22. The highest BCUT2D eigenvalue weighted by Crippen LogP contribution is 2.39. The van der Waals surface area contributed by atoms with Crippen molar-refractivity contribution in [2.24, 2.45) is 12.8 Å². The van der Waals surface area contributed by atoms with Crippen molar-refractivity contribution in [2.45, 2.75) is 37.8 Å². The molecule has 232 valence electrons. The molecule has 3 aromatic heterocycles. The van der Waals surface area contributed by atoms with Gasteiger partial charge in [-0.05, 0) is 43.0 Å². The minimum absolute atomic E-state index is 0.0177. The van der Waals surface area contributed by atoms with Gasteiger partial charge in [-0.1, -0.05) is 23.2 Å². The molecule has 16 heteroatoms. The fourth-order valence-electron chi connectivity index (χ4n) is 5.49. The predicted octanol–water partition coefficient (Wildman–Crippen LogP) is 3.07. The van der Waals surface area contributed by atoms with Crippen LogP contribution in [0.2, 0.25) is 10.0 Å². The molecule has 1 aliphatic carbocycles. The number of rotatable bonds is 8. The van der Waals surface area contributed by atoms with E-state index in [1.165, 1.54) is 57.6 Å². The molecule has 3 heterocycles. The van der Waals surface area contributed by atoms with Gasteiger partial charge in [0.05, 0.1) is 39.3 Å². The van der Waals surface area contributed by atoms with Crippen molar-refractivity contribution in [1.82, 2.24) is 23.4 Å². The van der Waals surface area contributed by atoms with E-state index in [1.54, 1.807) is 13.1 Å². The second kappa shape index (κ2) is 11.8. The average Bonchev–Trinajstić information content (AvgIpc) is 3.58. The summed E-state index contributed by atoms with van der Waals surface area (Å²) in [6.45, 7) is -0.260. The van der Waals surface area contributed by atoms with Crippen molar-refractivity contribution in [3.8, 4) is 16.9 Å². The number of nitrogens with zero attached hydrogens (tertiary/aromatic N) is 5. The van der Waals surface area contributed by atoms with E-state index in [2.05, 4.69) is 15.3 Å². The average molecular weight is 663 g/mol. The number of nitrogens with two attached hydrogens (primary N) is 1. The van der Waals surface area contributed by atoms with E-state index in [4.69, 9.17) is 28.9 Å². The number of carbonyl (C=O) groups is 2. The van der Waals surface area contributed by atoms with Gasteiger partial charge in [0.2, 0.25) is 15.9 Å². The molecule has 1 aliphatic rings. The maximum atomic E-state index is 13.3. The second-order valence-corrected chi connectivity index (χ2v) is 13.7. The van der Waals surface area contributed by atoms with Crippen molar-refractivity contribution < 1.29 is 23.1 Å². The molecule has 1 unspecified atom stereocenters. The zero-order valence-corrected chi connectivity index (χ0v) is 26.2. The van der Waals surface area contributed by atoms with Gasteiger partial charge in [0.1, 0.15) is 17.9 Å². The summed E-state index contributed by atoms with van der Waals surface area (Å²) in [5.41, 5.74) is 6.62. The number of anilines is 1. The lowest BCUT2D eigenvalue weighted by Crippen LogP contribution is -2.34. The number of benzene rings is 1. The molecule has 0 aliphatic heterocycles. The van der Waals surface area contributed by atoms with Crippen molar-refractivity contribution in [1.29, 1.82) is 0 Å². The van der Waals surface area contributed by atoms with Gasteiger partial charge < -0.3 is 25.3 Å². The Morgan fingerprint density at radius 2 is 1.91 bits per heavy atom. The Kier molecular flexibility index (Phi) is 8.46. The maximum absolute atomic E-state index is 13.3. The largest absolute Gasteiger partial charge is 0.506 e. The number of phenols is 1. The number of aromatic hydroxyl groups is 1. The van der Waals surface area contributed by atoms with Crippen molar-refractivity contribution >= 4 is 61.8 Å². The number of aryl methyl sites for hydroxylation is 1. The number of halogens is 2. The molecule has 1 aromatic carbocycles. The quantitative estimate of drug-likeness (QED) is 0.257. The lowest BCUT2D eigenvalue weighted by molar-refractivity contribution is -0.116. The van der Waals surface area contributed by atoms with E-state index in [1.807, 2.05) is 0 Å². The van der Waals surface area contributed by atoms with Crippen LogP contribution >= 0.6 is 23.2 Å². The first-order chi connectivity index (χ1) is 20.6. The Morgan fingerprint density at radius 1 is 1.18 bits per heavy atom. The van der Waals surface area contributed by atoms with Crippen LogP contribution in [0.4, 0.5) is 5.69 Å². The molecule has 0 saturated heterocycles. The number of hydrogen-bond donors (Lipinski definition) is 3. The van der Waals surface area contributed by atoms with Crippen molar-refractivity contribution in [3.05, 3.63) is 68.6 Å². The highest BCUT2D eigenvalue weighted by atomic mass is 35.5. The molecule has 4 N–H and O–H groups in total. The minimum Gasteiger partial charge on any atom is -0.506 e. The Balaban J connectivity index is 1.44. The van der Waals surface area contributed by atoms with E-state index in [-0.39, 0.29) is 45.1 Å². The normalized spacial score (nSPS) is 17.0. The highest BCUT2D eigenvalue weighted by molar-refractivity contribution is 7.88. The van der Waals surface area contributed by atoms with Gasteiger partial charge in [0, 0.05) is 49.7 Å². The van der Waals surface area contributed by atoms with E-state index >= 15 is 0 Å². The summed E-state index contributed by atoms with van der Waals surface area (Å²) in [6.07, 6.45) is 7.47. The molecule has 1 saturated carbocycles. The summed E-state index contributed by atoms with van der Waals surface area (Å²) in [6, 6.07) is 4.23. The summed E-state index contributed by atoms with van der Waals surface area (Å²) in [7, 11) is -0.241. The van der Waals surface area contributed by atoms with Crippen LogP contribution in [-0.4, -0.2) is 68.1 Å². The fourth-order valence-corrected chi connectivity index (χ4v) is 6.60. The van der Waals surface area contributed by atoms with E-state index < -0.39 is 33.1 Å². The third-order valence-electron chi connectivity index (χ3n) is 7.90. The molecule has 2 amide bonds. The van der Waals surface area contributed by atoms with Gasteiger partial charge in [-0.25, -0.2) is 17.7 Å². The summed E-state index contributed by atoms with van der Waals surface area (Å²) in [5.74, 6) is -1.89. The molecule has 5 rings (SSSR count). The highest BCUT2D eigenvalue weighted by Gasteiger charge is 2.33. The molecule has 0 spiro atoms. The van der Waals surface area contributed by atoms with Gasteiger partial charge in [-0.3, -0.25) is 19.4 Å². The van der Waals surface area contributed by atoms with Crippen LogP contribution in [0, 0.1) is 0 Å². The standard InChI is InChI=1S/C28H29Cl2N7O6S/c1-35-13-33-27-24(28(35)41)18(15-7-17(26(31)40)25(39)19(29)8-15)11-37(27)12-23(38)34-22-9-21(32-10-20(22)30)14-4-5-16(6-14)36(2)44(3,42)43/h7-11,13-14,16,39H,4-6,12H2,1-3H3,(H2,31,40)(H,32,34,38)/t14?,16-/m0/s1. The monoisotopic (exact) mass is 661 g/mol. The molecule has 44 heavy (non-hydrogen) atoms. The second-order valence-electron chi connectivity index (χ2n) is 10.8. The van der Waals surface area contributed by atoms with Gasteiger partial charge in [-0.2, -0.15) is 0 Å². The SMILES string of the molecule is CN([C@H]1CCC(c2cc(NC(=O)Cn3cc(-c4cc(Cl)c(O)c(C(N)=O)c4)c4c(=O)n(C)cnc43)c(Cl)cn2)C1)S(C)(=O)=O. The fraction of sp³-hybridized carbons (Fsp3) is 0.321. The molecule has 4 aromatic rings. The van der Waals surface area contributed by atoms with Crippen molar-refractivity contribution in [2.75, 3.05) is 18.6 Å². The molecule has 2 atom stereocenters. The van der Waals surface area contributed by atoms with E-state index in [0.717, 1.165) is 6.42 Å². The predicted molar refractivity (Wildman–Crippen MR) is 166 cm³/mol. The number of primary amides is 1. The van der Waals surface area contributed by atoms with Gasteiger partial charge in [0.25, 0.3) is 11.5 Å². The van der Waals surface area contributed by atoms with Gasteiger partial charge >= 0.3 is 0 Å². The Morgan fingerprint density at radius 3 is 2.59 bits per heavy atom. The lowest BCUT2D eigenvalue weighted by atomic mass is 10.0. The topological polar surface area (TPSA) is 183 Å². The number of amides is 2. The van der Waals surface area contributed by atoms with Crippen LogP contribution in [-0.2, 0) is 28.4 Å². The Bertz CT molecular complexity index is 1990. The molecule has 0 radical (unpaired) electrons. The zero-order chi connectivity index (χ0) is 32.1. The number of pyridine rings is 1. The molecular formula is C28H29Cl2N7O6S. The van der Waals surface area contributed by atoms with Gasteiger partial charge in [0.15, 0.2) is 0 Å². The zero-order valence-electron chi connectivity index (χ0n) is 23.9. The number of hydrogen-bond acceptors (Lipinski definition) is 8. The first-order valence-corrected chi connectivity index (χ1v) is 16.0. The number of fused-ring (bicyclic) bond motifs is 1. The number of carbonyl (C=O) groups excluding carboxylic acids is 2. The first kappa shape index (κ1) is 31.4. The molecule has 0 bridgehead atoms. The van der Waals surface area contributed by atoms with Crippen LogP contribution < -0.4 is 16.6 Å². The van der Waals surface area contributed by atoms with Gasteiger partial charge in [-0.15, -0.1) is 0 Å². The van der Waals surface area contributed by atoms with E-state index in [0.29, 0.717) is 35.3 Å². The number of sulfonamides is 1. The summed E-state index contributed by atoms with van der Waals surface area (Å²) < 4.78 is 28.1. The van der Waals surface area contributed by atoms with Crippen molar-refractivity contribution in [3.63, 3.8) is 0 Å². The maximum Gasteiger partial charge on any atom is 0.263 e. The Labute approximate surface area is 262 Å². The third-order valence-corrected chi connectivity index (χ3v) is 9.84. The van der Waals surface area contributed by atoms with Crippen LogP contribution in [0.15, 0.2) is 41.7 Å². The van der Waals surface area contributed by atoms with Crippen LogP contribution in [0.1, 0.15) is 41.2 Å². The summed E-state index contributed by atoms with van der Waals surface area (Å²) in [5, 5.41) is 13.2. The molecule has 13 nitrogen and oxygen atoms in total. The number of nitrogens with one attached hydrogen (secondary N) is 1. The third kappa shape index (κ3) is 6.02. The molecule has 1 fully saturated rings. The summed E-state index contributed by atoms with van der Waals surface area (Å²) >= 11 is 12.5. The minimum atomic E-state index is -3.33. The number of aromatic nitrogens is 4. The van der Waals surface area contributed by atoms with E-state index in [9.17, 15) is 27.9 Å². The van der Waals surface area contributed by atoms with Crippen LogP contribution in [0.3, 0.4) is 0 Å². The Hall–Kier alpha value is -3.98. The summed E-state index contributed by atoms with van der Waals surface area (Å²) in [4.78, 5) is 47.2. The van der Waals surface area contributed by atoms with Crippen LogP contribution in [0.25, 0.3) is 22.2 Å². The van der Waals surface area contributed by atoms with Crippen LogP contribution in [0.5, 0.6) is 5.75 Å². The smallest absolute Gasteiger partial charge is 0.263 e. The molecular weight excluding hydrogens is 633 g/mol.